The Hall–Kier alpha value is -3.97. The van der Waals surface area contributed by atoms with Gasteiger partial charge in [0, 0.05) is 17.4 Å². The Morgan fingerprint density at radius 1 is 0.595 bits per heavy atom. The number of rotatable bonds is 7. The van der Waals surface area contributed by atoms with Gasteiger partial charge in [0.2, 0.25) is 0 Å². The Morgan fingerprint density at radius 2 is 1.05 bits per heavy atom. The zero-order valence-corrected chi connectivity index (χ0v) is 25.4. The molecular weight excluding hydrogens is 595 g/mol. The van der Waals surface area contributed by atoms with Gasteiger partial charge in [0.1, 0.15) is 12.1 Å². The molecule has 0 amide bonds. The predicted octanol–water partition coefficient (Wildman–Crippen LogP) is 9.02. The first-order chi connectivity index (χ1) is 20.1. The van der Waals surface area contributed by atoms with E-state index < -0.39 is 12.0 Å². The topological polar surface area (TPSA) is 76.7 Å². The van der Waals surface area contributed by atoms with E-state index in [-0.39, 0.29) is 27.8 Å². The lowest BCUT2D eigenvalue weighted by molar-refractivity contribution is -0.141. The Balaban J connectivity index is 0.000000208. The lowest BCUT2D eigenvalue weighted by Crippen LogP contribution is -2.30. The van der Waals surface area contributed by atoms with Crippen molar-refractivity contribution in [1.82, 2.24) is 0 Å². The first-order valence-electron chi connectivity index (χ1n) is 13.1. The van der Waals surface area contributed by atoms with Crippen LogP contribution >= 0.6 is 34.8 Å². The van der Waals surface area contributed by atoms with E-state index >= 15 is 0 Å². The first-order valence-corrected chi connectivity index (χ1v) is 14.2. The molecule has 0 aliphatic rings. The molecule has 2 unspecified atom stereocenters. The molecule has 0 saturated heterocycles. The van der Waals surface area contributed by atoms with Crippen molar-refractivity contribution in [2.24, 2.45) is 0 Å². The molecule has 9 heteroatoms. The summed E-state index contributed by atoms with van der Waals surface area (Å²) < 4.78 is 10.00. The van der Waals surface area contributed by atoms with Gasteiger partial charge < -0.3 is 20.1 Å². The average Bonchev–Trinajstić information content (AvgIpc) is 2.99. The highest BCUT2D eigenvalue weighted by Crippen LogP contribution is 2.34. The molecule has 2 N–H and O–H groups in total. The molecule has 0 aromatic heterocycles. The molecule has 5 rings (SSSR count). The number of hydrogen-bond acceptors (Lipinski definition) is 6. The number of nitrogens with one attached hydrogen (secondary N) is 2. The van der Waals surface area contributed by atoms with Gasteiger partial charge >= 0.3 is 11.9 Å². The minimum absolute atomic E-state index is 0.174. The van der Waals surface area contributed by atoms with Crippen LogP contribution in [0.5, 0.6) is 5.75 Å². The monoisotopic (exact) mass is 622 g/mol. The summed E-state index contributed by atoms with van der Waals surface area (Å²) in [6.07, 6.45) is 0. The summed E-state index contributed by atoms with van der Waals surface area (Å²) in [6, 6.07) is 29.9. The van der Waals surface area contributed by atoms with Crippen molar-refractivity contribution < 1.29 is 19.1 Å². The molecule has 0 bridgehead atoms. The number of carbonyl (C=O) groups excluding carboxylic acids is 2. The van der Waals surface area contributed by atoms with Gasteiger partial charge in [0.25, 0.3) is 0 Å². The van der Waals surface area contributed by atoms with Crippen molar-refractivity contribution in [2.45, 2.75) is 25.9 Å². The number of esters is 2. The van der Waals surface area contributed by atoms with Crippen LogP contribution in [-0.4, -0.2) is 31.1 Å². The molecule has 0 spiro atoms. The molecule has 42 heavy (non-hydrogen) atoms. The summed E-state index contributed by atoms with van der Waals surface area (Å²) in [5.41, 5.74) is 1.74. The fourth-order valence-corrected chi connectivity index (χ4v) is 4.71. The molecule has 0 aliphatic carbocycles. The highest BCUT2D eigenvalue weighted by atomic mass is 35.5. The molecular formula is C33H29Cl3N2O4. The van der Waals surface area contributed by atoms with Crippen LogP contribution in [0.3, 0.4) is 0 Å². The number of hydrogen-bond donors (Lipinski definition) is 2. The van der Waals surface area contributed by atoms with Gasteiger partial charge in [0.15, 0.2) is 5.75 Å². The Labute approximate surface area is 259 Å². The molecule has 0 heterocycles. The van der Waals surface area contributed by atoms with E-state index in [0.717, 1.165) is 27.5 Å². The van der Waals surface area contributed by atoms with Crippen molar-refractivity contribution >= 4 is 79.7 Å². The van der Waals surface area contributed by atoms with E-state index in [2.05, 4.69) is 21.4 Å². The van der Waals surface area contributed by atoms with E-state index in [1.54, 1.807) is 13.8 Å². The third-order valence-corrected chi connectivity index (χ3v) is 7.38. The van der Waals surface area contributed by atoms with Crippen LogP contribution in [0, 0.1) is 0 Å². The summed E-state index contributed by atoms with van der Waals surface area (Å²) in [5, 5.41) is 11.6. The summed E-state index contributed by atoms with van der Waals surface area (Å²) in [5.74, 6) is -0.570. The number of fused-ring (bicyclic) bond motifs is 2. The molecule has 0 aliphatic heterocycles. The van der Waals surface area contributed by atoms with E-state index in [9.17, 15) is 9.59 Å². The van der Waals surface area contributed by atoms with Gasteiger partial charge in [-0.25, -0.2) is 9.59 Å². The van der Waals surface area contributed by atoms with Crippen LogP contribution in [0.15, 0.2) is 97.1 Å². The summed E-state index contributed by atoms with van der Waals surface area (Å²) in [7, 11) is 1.39. The molecule has 5 aromatic rings. The number of methoxy groups -OCH3 is 1. The maximum Gasteiger partial charge on any atom is 0.333 e. The van der Waals surface area contributed by atoms with Gasteiger partial charge in [-0.15, -0.1) is 0 Å². The molecule has 0 saturated carbocycles. The van der Waals surface area contributed by atoms with Crippen molar-refractivity contribution in [3.8, 4) is 5.75 Å². The van der Waals surface area contributed by atoms with Crippen molar-refractivity contribution in [3.05, 3.63) is 112 Å². The minimum atomic E-state index is -0.577. The number of benzene rings is 5. The van der Waals surface area contributed by atoms with Gasteiger partial charge in [-0.05, 0) is 65.7 Å². The van der Waals surface area contributed by atoms with E-state index in [4.69, 9.17) is 39.5 Å². The normalized spacial score (nSPS) is 12.0. The summed E-state index contributed by atoms with van der Waals surface area (Å²) >= 11 is 17.8. The van der Waals surface area contributed by atoms with Crippen LogP contribution in [0.4, 0.5) is 11.4 Å². The van der Waals surface area contributed by atoms with Crippen LogP contribution in [0.2, 0.25) is 15.1 Å². The largest absolute Gasteiger partial charge is 0.467 e. The van der Waals surface area contributed by atoms with Gasteiger partial charge in [-0.2, -0.15) is 0 Å². The van der Waals surface area contributed by atoms with Crippen molar-refractivity contribution in [3.63, 3.8) is 0 Å². The fourth-order valence-electron chi connectivity index (χ4n) is 4.13. The molecule has 0 radical (unpaired) electrons. The van der Waals surface area contributed by atoms with Crippen LogP contribution in [0.1, 0.15) is 13.8 Å². The Bertz CT molecular complexity index is 1730. The predicted molar refractivity (Wildman–Crippen MR) is 173 cm³/mol. The summed E-state index contributed by atoms with van der Waals surface area (Å²) in [4.78, 5) is 23.6. The minimum Gasteiger partial charge on any atom is -0.467 e. The number of anilines is 2. The second kappa shape index (κ2) is 14.3. The third-order valence-electron chi connectivity index (χ3n) is 6.36. The lowest BCUT2D eigenvalue weighted by Gasteiger charge is -2.15. The molecule has 2 atom stereocenters. The SMILES string of the molecule is CC(Nc1ccc2ccccc2c1)C(=O)Oc1cc(Cl)c(Cl)cc1Cl.COC(=O)C(C)Nc1ccc2ccccc2c1. The Kier molecular flexibility index (Phi) is 10.5. The van der Waals surface area contributed by atoms with Gasteiger partial charge in [-0.3, -0.25) is 0 Å². The smallest absolute Gasteiger partial charge is 0.333 e. The maximum absolute atomic E-state index is 12.3. The van der Waals surface area contributed by atoms with Gasteiger partial charge in [0.05, 0.1) is 22.2 Å². The fraction of sp³-hybridized carbons (Fsp3) is 0.152. The molecule has 6 nitrogen and oxygen atoms in total. The highest BCUT2D eigenvalue weighted by Gasteiger charge is 2.18. The quantitative estimate of drug-likeness (QED) is 0.107. The van der Waals surface area contributed by atoms with Crippen LogP contribution < -0.4 is 15.4 Å². The molecule has 216 valence electrons. The number of carbonyl (C=O) groups is 2. The Morgan fingerprint density at radius 3 is 1.55 bits per heavy atom. The average molecular weight is 624 g/mol. The second-order valence-corrected chi connectivity index (χ2v) is 10.7. The van der Waals surface area contributed by atoms with E-state index in [1.165, 1.54) is 24.6 Å². The van der Waals surface area contributed by atoms with Crippen molar-refractivity contribution in [2.75, 3.05) is 17.7 Å². The lowest BCUT2D eigenvalue weighted by atomic mass is 10.1. The standard InChI is InChI=1S/C19H14Cl3NO2.C14H15NO2/c1-11(19(24)25-18-10-16(21)15(20)9-17(18)22)23-14-7-6-12-4-2-3-5-13(12)8-14;1-10(14(16)17-2)15-13-8-7-11-5-3-4-6-12(11)9-13/h2-11,23H,1H3;3-10,15H,1-2H3. The number of ether oxygens (including phenoxy) is 2. The van der Waals surface area contributed by atoms with E-state index in [0.29, 0.717) is 5.02 Å². The van der Waals surface area contributed by atoms with Crippen molar-refractivity contribution in [1.29, 1.82) is 0 Å². The van der Waals surface area contributed by atoms with E-state index in [1.807, 2.05) is 78.9 Å². The molecule has 5 aromatic carbocycles. The zero-order valence-electron chi connectivity index (χ0n) is 23.2. The third kappa shape index (κ3) is 8.07. The molecule has 0 fully saturated rings. The first kappa shape index (κ1) is 31.0. The highest BCUT2D eigenvalue weighted by molar-refractivity contribution is 6.43. The maximum atomic E-state index is 12.3. The van der Waals surface area contributed by atoms with Crippen LogP contribution in [0.25, 0.3) is 21.5 Å². The summed E-state index contributed by atoms with van der Waals surface area (Å²) in [6.45, 7) is 3.49. The number of halogens is 3. The van der Waals surface area contributed by atoms with Crippen LogP contribution in [-0.2, 0) is 14.3 Å². The second-order valence-electron chi connectivity index (χ2n) is 9.50. The zero-order chi connectivity index (χ0) is 30.2. The van der Waals surface area contributed by atoms with Gasteiger partial charge in [-0.1, -0.05) is 95.5 Å².